The van der Waals surface area contributed by atoms with Crippen molar-refractivity contribution in [3.8, 4) is 5.82 Å². The Kier molecular flexibility index (Phi) is 8.38. The van der Waals surface area contributed by atoms with E-state index in [9.17, 15) is 9.59 Å². The molecule has 6 nitrogen and oxygen atoms in total. The van der Waals surface area contributed by atoms with Gasteiger partial charge in [-0.25, -0.2) is 4.98 Å². The van der Waals surface area contributed by atoms with Gasteiger partial charge in [0, 0.05) is 49.2 Å². The van der Waals surface area contributed by atoms with Crippen LogP contribution in [0.3, 0.4) is 0 Å². The molecular formula is C32H40N4O2. The molecule has 200 valence electrons. The third-order valence-electron chi connectivity index (χ3n) is 8.32. The number of nitrogens with one attached hydrogen (secondary N) is 1. The second-order valence-electron chi connectivity index (χ2n) is 11.3. The van der Waals surface area contributed by atoms with Crippen LogP contribution in [0.25, 0.3) is 5.82 Å². The van der Waals surface area contributed by atoms with Crippen molar-refractivity contribution in [2.75, 3.05) is 19.6 Å². The van der Waals surface area contributed by atoms with Crippen molar-refractivity contribution in [2.45, 2.75) is 64.8 Å². The van der Waals surface area contributed by atoms with Gasteiger partial charge in [-0.1, -0.05) is 26.0 Å². The Balaban J connectivity index is 1.04. The number of nitrogens with zero attached hydrogens (tertiary/aromatic N) is 3. The highest BCUT2D eigenvalue weighted by molar-refractivity contribution is 5.97. The Bertz CT molecular complexity index is 1220. The standard InChI is InChI=1S/C32H40N4O2/c1-23(2)31(37)27-8-7-25-14-19-35(20-15-26(25)21-27)18-13-24-5-10-29(11-6-24)34-32(38)28-9-12-30(33-22-28)36-16-3-4-17-36/h3-4,7-9,12,16-17,21-24,29H,5-6,10-11,13-15,18-20H2,1-2H3,(H,34,38)/t24-,29-. The van der Waals surface area contributed by atoms with Crippen LogP contribution in [0.5, 0.6) is 0 Å². The number of fused-ring (bicyclic) bond motifs is 1. The Morgan fingerprint density at radius 2 is 1.66 bits per heavy atom. The molecule has 1 aliphatic carbocycles. The second-order valence-corrected chi connectivity index (χ2v) is 11.3. The molecule has 0 radical (unpaired) electrons. The fourth-order valence-corrected chi connectivity index (χ4v) is 5.87. The second kappa shape index (κ2) is 12.1. The minimum absolute atomic E-state index is 0.0256. The van der Waals surface area contributed by atoms with Crippen LogP contribution >= 0.6 is 0 Å². The summed E-state index contributed by atoms with van der Waals surface area (Å²) >= 11 is 0. The number of pyridine rings is 1. The lowest BCUT2D eigenvalue weighted by molar-refractivity contribution is 0.0917. The van der Waals surface area contributed by atoms with Crippen LogP contribution in [0.15, 0.2) is 61.1 Å². The number of aromatic nitrogens is 2. The summed E-state index contributed by atoms with van der Waals surface area (Å²) in [7, 11) is 0. The van der Waals surface area contributed by atoms with Gasteiger partial charge >= 0.3 is 0 Å². The molecule has 38 heavy (non-hydrogen) atoms. The molecular weight excluding hydrogens is 472 g/mol. The molecule has 0 spiro atoms. The smallest absolute Gasteiger partial charge is 0.253 e. The van der Waals surface area contributed by atoms with Crippen molar-refractivity contribution in [1.82, 2.24) is 19.8 Å². The molecule has 5 rings (SSSR count). The Morgan fingerprint density at radius 1 is 0.947 bits per heavy atom. The van der Waals surface area contributed by atoms with Crippen molar-refractivity contribution in [3.63, 3.8) is 0 Å². The maximum absolute atomic E-state index is 12.8. The number of hydrogen-bond acceptors (Lipinski definition) is 4. The van der Waals surface area contributed by atoms with Crippen LogP contribution in [-0.4, -0.2) is 51.8 Å². The maximum atomic E-state index is 12.8. The minimum atomic E-state index is -0.0256. The molecule has 1 aromatic carbocycles. The van der Waals surface area contributed by atoms with E-state index in [-0.39, 0.29) is 23.7 Å². The Labute approximate surface area is 226 Å². The summed E-state index contributed by atoms with van der Waals surface area (Å²) in [5, 5.41) is 3.23. The Hall–Kier alpha value is -3.25. The first-order valence-electron chi connectivity index (χ1n) is 14.2. The highest BCUT2D eigenvalue weighted by atomic mass is 16.1. The lowest BCUT2D eigenvalue weighted by atomic mass is 9.84. The lowest BCUT2D eigenvalue weighted by Gasteiger charge is -2.30. The maximum Gasteiger partial charge on any atom is 0.253 e. The molecule has 1 amide bonds. The topological polar surface area (TPSA) is 67.2 Å². The van der Waals surface area contributed by atoms with E-state index in [0.717, 1.165) is 62.6 Å². The normalized spacial score (nSPS) is 20.1. The quantitative estimate of drug-likeness (QED) is 0.405. The van der Waals surface area contributed by atoms with Crippen molar-refractivity contribution in [2.24, 2.45) is 11.8 Å². The molecule has 2 aliphatic rings. The fourth-order valence-electron chi connectivity index (χ4n) is 5.87. The zero-order chi connectivity index (χ0) is 26.5. The third-order valence-corrected chi connectivity index (χ3v) is 8.32. The van der Waals surface area contributed by atoms with Crippen molar-refractivity contribution < 1.29 is 9.59 Å². The predicted molar refractivity (Wildman–Crippen MR) is 151 cm³/mol. The molecule has 3 heterocycles. The molecule has 0 atom stereocenters. The van der Waals surface area contributed by atoms with E-state index < -0.39 is 0 Å². The molecule has 0 bridgehead atoms. The van der Waals surface area contributed by atoms with Gasteiger partial charge in [-0.2, -0.15) is 0 Å². The van der Waals surface area contributed by atoms with Gasteiger partial charge in [0.25, 0.3) is 5.91 Å². The third kappa shape index (κ3) is 6.41. The zero-order valence-electron chi connectivity index (χ0n) is 22.7. The van der Waals surface area contributed by atoms with Crippen molar-refractivity contribution in [1.29, 1.82) is 0 Å². The summed E-state index contributed by atoms with van der Waals surface area (Å²) in [5.74, 6) is 1.79. The SMILES string of the molecule is CC(C)C(=O)c1ccc2c(c1)CCN(CC[C@H]1CC[C@H](NC(=O)c3ccc(-n4cccc4)nc3)CC1)CC2. The monoisotopic (exact) mass is 512 g/mol. The van der Waals surface area contributed by atoms with E-state index in [1.165, 1.54) is 30.4 Å². The number of ketones is 1. The number of Topliss-reactive ketones (excluding diaryl/α,β-unsaturated/α-hetero) is 1. The molecule has 1 fully saturated rings. The zero-order valence-corrected chi connectivity index (χ0v) is 22.7. The van der Waals surface area contributed by atoms with E-state index in [4.69, 9.17) is 0 Å². The van der Waals surface area contributed by atoms with Crippen LogP contribution in [0, 0.1) is 11.8 Å². The number of carbonyl (C=O) groups excluding carboxylic acids is 2. The summed E-state index contributed by atoms with van der Waals surface area (Å²) in [6, 6.07) is 14.2. The van der Waals surface area contributed by atoms with E-state index in [1.807, 2.05) is 61.1 Å². The number of carbonyl (C=O) groups is 2. The number of benzene rings is 1. The van der Waals surface area contributed by atoms with Gasteiger partial charge in [-0.05, 0) is 98.9 Å². The van der Waals surface area contributed by atoms with Crippen LogP contribution in [0.2, 0.25) is 0 Å². The van der Waals surface area contributed by atoms with Gasteiger partial charge in [-0.3, -0.25) is 9.59 Å². The highest BCUT2D eigenvalue weighted by Gasteiger charge is 2.24. The van der Waals surface area contributed by atoms with Crippen LogP contribution in [0.1, 0.15) is 77.8 Å². The largest absolute Gasteiger partial charge is 0.349 e. The highest BCUT2D eigenvalue weighted by Crippen LogP contribution is 2.28. The molecule has 3 aromatic rings. The fraction of sp³-hybridized carbons (Fsp3) is 0.469. The molecule has 1 saturated carbocycles. The molecule has 1 aliphatic heterocycles. The van der Waals surface area contributed by atoms with Crippen LogP contribution in [-0.2, 0) is 12.8 Å². The Morgan fingerprint density at radius 3 is 2.34 bits per heavy atom. The summed E-state index contributed by atoms with van der Waals surface area (Å²) in [6.07, 6.45) is 13.3. The lowest BCUT2D eigenvalue weighted by Crippen LogP contribution is -2.38. The van der Waals surface area contributed by atoms with E-state index >= 15 is 0 Å². The van der Waals surface area contributed by atoms with Crippen molar-refractivity contribution >= 4 is 11.7 Å². The van der Waals surface area contributed by atoms with E-state index in [0.29, 0.717) is 5.56 Å². The molecule has 2 aromatic heterocycles. The van der Waals surface area contributed by atoms with Crippen LogP contribution < -0.4 is 5.32 Å². The van der Waals surface area contributed by atoms with E-state index in [1.54, 1.807) is 6.20 Å². The van der Waals surface area contributed by atoms with Gasteiger partial charge in [-0.15, -0.1) is 0 Å². The summed E-state index contributed by atoms with van der Waals surface area (Å²) < 4.78 is 1.93. The summed E-state index contributed by atoms with van der Waals surface area (Å²) in [6.45, 7) is 7.23. The first-order valence-corrected chi connectivity index (χ1v) is 14.2. The van der Waals surface area contributed by atoms with Gasteiger partial charge in [0.1, 0.15) is 5.82 Å². The average molecular weight is 513 g/mol. The first-order chi connectivity index (χ1) is 18.5. The molecule has 1 N–H and O–H groups in total. The van der Waals surface area contributed by atoms with E-state index in [2.05, 4.69) is 27.3 Å². The molecule has 0 saturated heterocycles. The molecule has 6 heteroatoms. The van der Waals surface area contributed by atoms with Gasteiger partial charge in [0.2, 0.25) is 0 Å². The summed E-state index contributed by atoms with van der Waals surface area (Å²) in [5.41, 5.74) is 4.23. The van der Waals surface area contributed by atoms with Gasteiger partial charge < -0.3 is 14.8 Å². The number of rotatable bonds is 8. The number of amides is 1. The number of hydrogen-bond donors (Lipinski definition) is 1. The van der Waals surface area contributed by atoms with Crippen molar-refractivity contribution in [3.05, 3.63) is 83.3 Å². The minimum Gasteiger partial charge on any atom is -0.349 e. The molecule has 0 unspecified atom stereocenters. The van der Waals surface area contributed by atoms with Gasteiger partial charge in [0.15, 0.2) is 5.78 Å². The first kappa shape index (κ1) is 26.4. The predicted octanol–water partition coefficient (Wildman–Crippen LogP) is 5.49. The summed E-state index contributed by atoms with van der Waals surface area (Å²) in [4.78, 5) is 32.2. The van der Waals surface area contributed by atoms with Crippen LogP contribution in [0.4, 0.5) is 0 Å². The van der Waals surface area contributed by atoms with Gasteiger partial charge in [0.05, 0.1) is 5.56 Å². The average Bonchev–Trinajstić information content (AvgIpc) is 3.40.